The zero-order valence-electron chi connectivity index (χ0n) is 12.3. The second-order valence-corrected chi connectivity index (χ2v) is 5.70. The average molecular weight is 353 g/mol. The van der Waals surface area contributed by atoms with Crippen LogP contribution < -0.4 is 5.32 Å². The quantitative estimate of drug-likeness (QED) is 0.870. The van der Waals surface area contributed by atoms with Crippen LogP contribution in [0.2, 0.25) is 5.02 Å². The zero-order valence-corrected chi connectivity index (χ0v) is 13.1. The normalized spacial score (nSPS) is 14.3. The first-order chi connectivity index (χ1) is 11.4. The lowest BCUT2D eigenvalue weighted by Crippen LogP contribution is -2.29. The van der Waals surface area contributed by atoms with Crippen LogP contribution in [0.4, 0.5) is 13.2 Å². The number of amides is 1. The summed E-state index contributed by atoms with van der Waals surface area (Å²) in [6.45, 7) is 0. The molecule has 24 heavy (non-hydrogen) atoms. The van der Waals surface area contributed by atoms with Crippen molar-refractivity contribution in [3.8, 4) is 0 Å². The second-order valence-electron chi connectivity index (χ2n) is 5.29. The molecule has 0 atom stereocenters. The summed E-state index contributed by atoms with van der Waals surface area (Å²) in [6.07, 6.45) is -1.80. The Morgan fingerprint density at radius 3 is 2.50 bits per heavy atom. The molecule has 0 saturated carbocycles. The van der Waals surface area contributed by atoms with Gasteiger partial charge < -0.3 is 5.32 Å². The Balaban J connectivity index is 1.89. The fraction of sp³-hybridized carbons (Fsp3) is 0.176. The van der Waals surface area contributed by atoms with Gasteiger partial charge in [-0.2, -0.15) is 13.2 Å². The molecule has 0 bridgehead atoms. The molecule has 1 aromatic heterocycles. The molecular weight excluding hydrogens is 341 g/mol. The van der Waals surface area contributed by atoms with E-state index < -0.39 is 23.2 Å². The molecule has 0 spiro atoms. The molecule has 1 N–H and O–H groups in total. The highest BCUT2D eigenvalue weighted by atomic mass is 35.5. The van der Waals surface area contributed by atoms with E-state index in [1.807, 2.05) is 0 Å². The van der Waals surface area contributed by atoms with Crippen molar-refractivity contribution in [2.45, 2.75) is 19.0 Å². The number of nitrogens with one attached hydrogen (secondary N) is 1. The summed E-state index contributed by atoms with van der Waals surface area (Å²) in [5.41, 5.74) is 0.483. The van der Waals surface area contributed by atoms with Gasteiger partial charge in [0.2, 0.25) is 0 Å². The molecule has 7 heteroatoms. The highest BCUT2D eigenvalue weighted by Crippen LogP contribution is 2.37. The van der Waals surface area contributed by atoms with E-state index in [0.717, 1.165) is 17.7 Å². The lowest BCUT2D eigenvalue weighted by atomic mass is 9.90. The molecule has 1 aromatic carbocycles. The SMILES string of the molecule is O=C(NC1=C(c2ncccc2Cl)CC1)c1ccccc1C(F)(F)F. The largest absolute Gasteiger partial charge is 0.417 e. The van der Waals surface area contributed by atoms with Crippen molar-refractivity contribution in [1.82, 2.24) is 10.3 Å². The van der Waals surface area contributed by atoms with Crippen molar-refractivity contribution in [2.24, 2.45) is 0 Å². The summed E-state index contributed by atoms with van der Waals surface area (Å²) in [6, 6.07) is 8.05. The number of carbonyl (C=O) groups excluding carboxylic acids is 1. The summed E-state index contributed by atoms with van der Waals surface area (Å²) in [4.78, 5) is 16.4. The van der Waals surface area contributed by atoms with Gasteiger partial charge in [-0.15, -0.1) is 0 Å². The van der Waals surface area contributed by atoms with Crippen molar-refractivity contribution in [3.63, 3.8) is 0 Å². The van der Waals surface area contributed by atoms with Gasteiger partial charge in [0.25, 0.3) is 5.91 Å². The molecule has 124 valence electrons. The molecule has 1 heterocycles. The Kier molecular flexibility index (Phi) is 4.32. The minimum atomic E-state index is -4.59. The standard InChI is InChI=1S/C17H12ClF3N2O/c18-13-6-3-9-22-15(13)11-7-8-14(11)23-16(24)10-4-1-2-5-12(10)17(19,20)21/h1-6,9H,7-8H2,(H,23,24). The first-order valence-corrected chi connectivity index (χ1v) is 7.56. The lowest BCUT2D eigenvalue weighted by molar-refractivity contribution is -0.137. The fourth-order valence-electron chi connectivity index (χ4n) is 2.51. The van der Waals surface area contributed by atoms with Gasteiger partial charge in [-0.3, -0.25) is 9.78 Å². The topological polar surface area (TPSA) is 42.0 Å². The molecular formula is C17H12ClF3N2O. The van der Waals surface area contributed by atoms with Crippen LogP contribution in [0.1, 0.15) is 34.5 Å². The zero-order chi connectivity index (χ0) is 17.3. The fourth-order valence-corrected chi connectivity index (χ4v) is 2.75. The number of rotatable bonds is 3. The number of alkyl halides is 3. The highest BCUT2D eigenvalue weighted by molar-refractivity contribution is 6.32. The lowest BCUT2D eigenvalue weighted by Gasteiger charge is -2.25. The van der Waals surface area contributed by atoms with Crippen LogP contribution in [0.15, 0.2) is 48.3 Å². The van der Waals surface area contributed by atoms with E-state index in [1.165, 1.54) is 12.1 Å². The highest BCUT2D eigenvalue weighted by Gasteiger charge is 2.35. The summed E-state index contributed by atoms with van der Waals surface area (Å²) >= 11 is 6.08. The Hall–Kier alpha value is -2.34. The maximum atomic E-state index is 13.0. The smallest absolute Gasteiger partial charge is 0.325 e. The van der Waals surface area contributed by atoms with Crippen LogP contribution in [0.25, 0.3) is 5.57 Å². The molecule has 3 rings (SSSR count). The molecule has 0 fully saturated rings. The number of halogens is 4. The molecule has 1 aliphatic carbocycles. The van der Waals surface area contributed by atoms with Crippen LogP contribution >= 0.6 is 11.6 Å². The number of allylic oxidation sites excluding steroid dienone is 2. The molecule has 2 aromatic rings. The summed E-state index contributed by atoms with van der Waals surface area (Å²) in [7, 11) is 0. The number of hydrogen-bond acceptors (Lipinski definition) is 2. The van der Waals surface area contributed by atoms with E-state index in [4.69, 9.17) is 11.6 Å². The second kappa shape index (κ2) is 6.28. The Morgan fingerprint density at radius 2 is 1.88 bits per heavy atom. The minimum absolute atomic E-state index is 0.407. The van der Waals surface area contributed by atoms with Gasteiger partial charge in [-0.05, 0) is 42.7 Å². The number of nitrogens with zero attached hydrogens (tertiary/aromatic N) is 1. The van der Waals surface area contributed by atoms with Gasteiger partial charge >= 0.3 is 6.18 Å². The Bertz CT molecular complexity index is 831. The summed E-state index contributed by atoms with van der Waals surface area (Å²) in [5, 5.41) is 3.00. The van der Waals surface area contributed by atoms with Crippen LogP contribution in [0, 0.1) is 0 Å². The van der Waals surface area contributed by atoms with Crippen LogP contribution in [0.3, 0.4) is 0 Å². The number of pyridine rings is 1. The Morgan fingerprint density at radius 1 is 1.12 bits per heavy atom. The molecule has 0 saturated heterocycles. The van der Waals surface area contributed by atoms with Crippen LogP contribution in [-0.2, 0) is 6.18 Å². The molecule has 0 unspecified atom stereocenters. The number of carbonyl (C=O) groups is 1. The van der Waals surface area contributed by atoms with E-state index in [1.54, 1.807) is 18.3 Å². The number of hydrogen-bond donors (Lipinski definition) is 1. The van der Waals surface area contributed by atoms with Gasteiger partial charge in [0, 0.05) is 11.9 Å². The van der Waals surface area contributed by atoms with E-state index in [0.29, 0.717) is 29.3 Å². The third kappa shape index (κ3) is 3.14. The molecule has 1 amide bonds. The molecule has 0 aliphatic heterocycles. The maximum Gasteiger partial charge on any atom is 0.417 e. The van der Waals surface area contributed by atoms with Crippen molar-refractivity contribution >= 4 is 23.1 Å². The van der Waals surface area contributed by atoms with Gasteiger partial charge in [-0.25, -0.2) is 0 Å². The summed E-state index contributed by atoms with van der Waals surface area (Å²) in [5.74, 6) is -0.790. The van der Waals surface area contributed by atoms with Crippen molar-refractivity contribution in [3.05, 3.63) is 70.1 Å². The Labute approximate surface area is 141 Å². The van der Waals surface area contributed by atoms with E-state index in [-0.39, 0.29) is 0 Å². The molecule has 1 aliphatic rings. The predicted molar refractivity (Wildman–Crippen MR) is 84.3 cm³/mol. The number of benzene rings is 1. The molecule has 0 radical (unpaired) electrons. The molecule has 3 nitrogen and oxygen atoms in total. The monoisotopic (exact) mass is 352 g/mol. The number of aromatic nitrogens is 1. The third-order valence-electron chi connectivity index (χ3n) is 3.78. The van der Waals surface area contributed by atoms with E-state index >= 15 is 0 Å². The van der Waals surface area contributed by atoms with Gasteiger partial charge in [0.15, 0.2) is 0 Å². The van der Waals surface area contributed by atoms with Crippen molar-refractivity contribution in [1.29, 1.82) is 0 Å². The van der Waals surface area contributed by atoms with Crippen LogP contribution in [0.5, 0.6) is 0 Å². The van der Waals surface area contributed by atoms with Gasteiger partial charge in [0.05, 0.1) is 21.8 Å². The van der Waals surface area contributed by atoms with E-state index in [2.05, 4.69) is 10.3 Å². The minimum Gasteiger partial charge on any atom is -0.325 e. The van der Waals surface area contributed by atoms with E-state index in [9.17, 15) is 18.0 Å². The third-order valence-corrected chi connectivity index (χ3v) is 4.08. The van der Waals surface area contributed by atoms with Gasteiger partial charge in [0.1, 0.15) is 0 Å². The van der Waals surface area contributed by atoms with Crippen LogP contribution in [-0.4, -0.2) is 10.9 Å². The first kappa shape index (κ1) is 16.5. The van der Waals surface area contributed by atoms with Gasteiger partial charge in [-0.1, -0.05) is 23.7 Å². The maximum absolute atomic E-state index is 13.0. The average Bonchev–Trinajstić information content (AvgIpc) is 2.52. The first-order valence-electron chi connectivity index (χ1n) is 7.18. The predicted octanol–water partition coefficient (Wildman–Crippen LogP) is 4.69. The van der Waals surface area contributed by atoms with Crippen molar-refractivity contribution < 1.29 is 18.0 Å². The summed E-state index contributed by atoms with van der Waals surface area (Å²) < 4.78 is 39.1. The van der Waals surface area contributed by atoms with Crippen molar-refractivity contribution in [2.75, 3.05) is 0 Å².